The summed E-state index contributed by atoms with van der Waals surface area (Å²) in [7, 11) is 1.62. The number of carbonyl (C=O) groups is 1. The molecule has 3 heteroatoms. The van der Waals surface area contributed by atoms with E-state index in [1.807, 2.05) is 0 Å². The Morgan fingerprint density at radius 3 is 2.50 bits per heavy atom. The van der Waals surface area contributed by atoms with Crippen LogP contribution in [0.15, 0.2) is 24.3 Å². The molecule has 0 bridgehead atoms. The van der Waals surface area contributed by atoms with Gasteiger partial charge in [0.15, 0.2) is 0 Å². The van der Waals surface area contributed by atoms with Crippen LogP contribution >= 0.6 is 0 Å². The number of rotatable bonds is 1. The molecule has 1 aromatic rings. The van der Waals surface area contributed by atoms with E-state index in [1.54, 1.807) is 31.3 Å². The first kappa shape index (κ1) is 8.59. The molecule has 0 radical (unpaired) electrons. The summed E-state index contributed by atoms with van der Waals surface area (Å²) in [5, 5.41) is 9.34. The lowest BCUT2D eigenvalue weighted by atomic mass is 10.3. The lowest BCUT2D eigenvalue weighted by Crippen LogP contribution is -2.22. The average Bonchev–Trinajstić information content (AvgIpc) is 2.04. The summed E-state index contributed by atoms with van der Waals surface area (Å²) in [6.07, 6.45) is 0. The van der Waals surface area contributed by atoms with Gasteiger partial charge in [-0.25, -0.2) is 0 Å². The fourth-order valence-electron chi connectivity index (χ4n) is 0.917. The van der Waals surface area contributed by atoms with Crippen LogP contribution in [0.4, 0.5) is 5.69 Å². The second-order valence-corrected chi connectivity index (χ2v) is 2.57. The van der Waals surface area contributed by atoms with Gasteiger partial charge in [0.05, 0.1) is 5.69 Å². The minimum atomic E-state index is -0.100. The Morgan fingerprint density at radius 1 is 1.42 bits per heavy atom. The fraction of sp³-hybridized carbons (Fsp3) is 0.222. The molecule has 0 heterocycles. The molecule has 0 aliphatic carbocycles. The third-order valence-corrected chi connectivity index (χ3v) is 1.72. The second-order valence-electron chi connectivity index (χ2n) is 2.57. The first-order valence-electron chi connectivity index (χ1n) is 3.65. The van der Waals surface area contributed by atoms with E-state index in [1.165, 1.54) is 11.8 Å². The zero-order valence-electron chi connectivity index (χ0n) is 7.11. The van der Waals surface area contributed by atoms with Crippen molar-refractivity contribution in [3.8, 4) is 5.75 Å². The van der Waals surface area contributed by atoms with Gasteiger partial charge in [0.2, 0.25) is 5.91 Å². The summed E-state index contributed by atoms with van der Waals surface area (Å²) < 4.78 is 0. The second kappa shape index (κ2) is 3.26. The van der Waals surface area contributed by atoms with Crippen LogP contribution in [-0.2, 0) is 4.79 Å². The molecule has 3 nitrogen and oxygen atoms in total. The lowest BCUT2D eigenvalue weighted by molar-refractivity contribution is -0.116. The summed E-state index contributed by atoms with van der Waals surface area (Å²) in [6.45, 7) is 1.45. The molecular weight excluding hydrogens is 154 g/mol. The van der Waals surface area contributed by atoms with Gasteiger partial charge >= 0.3 is 0 Å². The van der Waals surface area contributed by atoms with Crippen molar-refractivity contribution in [1.82, 2.24) is 0 Å². The third kappa shape index (κ3) is 1.56. The molecule has 1 amide bonds. The van der Waals surface area contributed by atoms with E-state index >= 15 is 0 Å². The molecule has 0 atom stereocenters. The number of hydrogen-bond donors (Lipinski definition) is 1. The Hall–Kier alpha value is -1.51. The number of carbonyl (C=O) groups excluding carboxylic acids is 1. The number of benzene rings is 1. The maximum absolute atomic E-state index is 10.9. The van der Waals surface area contributed by atoms with Crippen molar-refractivity contribution < 1.29 is 9.90 Å². The number of anilines is 1. The highest BCUT2D eigenvalue weighted by Gasteiger charge is 2.08. The van der Waals surface area contributed by atoms with Gasteiger partial charge in [0, 0.05) is 14.0 Å². The zero-order chi connectivity index (χ0) is 9.14. The Labute approximate surface area is 71.2 Å². The van der Waals surface area contributed by atoms with Crippen LogP contribution in [-0.4, -0.2) is 18.1 Å². The van der Waals surface area contributed by atoms with E-state index in [0.29, 0.717) is 5.69 Å². The highest BCUT2D eigenvalue weighted by atomic mass is 16.3. The number of phenolic OH excluding ortho intramolecular Hbond substituents is 1. The summed E-state index contributed by atoms with van der Waals surface area (Å²) in [6, 6.07) is 6.73. The molecule has 0 fully saturated rings. The molecule has 64 valence electrons. The van der Waals surface area contributed by atoms with Crippen LogP contribution in [0.5, 0.6) is 5.75 Å². The zero-order valence-corrected chi connectivity index (χ0v) is 7.11. The average molecular weight is 165 g/mol. The maximum atomic E-state index is 10.9. The SMILES string of the molecule is CC(=O)N(C)c1ccccc1O. The molecule has 0 unspecified atom stereocenters. The molecule has 0 saturated heterocycles. The Bertz CT molecular complexity index is 296. The van der Waals surface area contributed by atoms with Crippen molar-refractivity contribution >= 4 is 11.6 Å². The summed E-state index contributed by atoms with van der Waals surface area (Å²) >= 11 is 0. The highest BCUT2D eigenvalue weighted by Crippen LogP contribution is 2.24. The Kier molecular flexibility index (Phi) is 2.33. The molecule has 1 N–H and O–H groups in total. The minimum Gasteiger partial charge on any atom is -0.506 e. The number of para-hydroxylation sites is 2. The first-order chi connectivity index (χ1) is 5.63. The van der Waals surface area contributed by atoms with Crippen LogP contribution in [0.25, 0.3) is 0 Å². The smallest absolute Gasteiger partial charge is 0.223 e. The van der Waals surface area contributed by atoms with E-state index in [4.69, 9.17) is 0 Å². The summed E-state index contributed by atoms with van der Waals surface area (Å²) in [5.74, 6) is 0.0201. The highest BCUT2D eigenvalue weighted by molar-refractivity contribution is 5.92. The molecule has 0 saturated carbocycles. The van der Waals surface area contributed by atoms with E-state index in [-0.39, 0.29) is 11.7 Å². The quantitative estimate of drug-likeness (QED) is 0.682. The van der Waals surface area contributed by atoms with Gasteiger partial charge in [-0.3, -0.25) is 4.79 Å². The topological polar surface area (TPSA) is 40.5 Å². The van der Waals surface area contributed by atoms with E-state index < -0.39 is 0 Å². The van der Waals surface area contributed by atoms with Crippen molar-refractivity contribution in [2.45, 2.75) is 6.92 Å². The molecular formula is C9H11NO2. The van der Waals surface area contributed by atoms with E-state index in [0.717, 1.165) is 0 Å². The van der Waals surface area contributed by atoms with Crippen LogP contribution < -0.4 is 4.90 Å². The molecule has 0 aliphatic heterocycles. The largest absolute Gasteiger partial charge is 0.506 e. The number of hydrogen-bond acceptors (Lipinski definition) is 2. The van der Waals surface area contributed by atoms with Crippen molar-refractivity contribution in [3.63, 3.8) is 0 Å². The first-order valence-corrected chi connectivity index (χ1v) is 3.65. The third-order valence-electron chi connectivity index (χ3n) is 1.72. The van der Waals surface area contributed by atoms with Crippen LogP contribution in [0, 0.1) is 0 Å². The van der Waals surface area contributed by atoms with Crippen molar-refractivity contribution in [1.29, 1.82) is 0 Å². The summed E-state index contributed by atoms with van der Waals surface area (Å²) in [4.78, 5) is 12.3. The molecule has 0 aromatic heterocycles. The molecule has 0 aliphatic rings. The molecule has 1 aromatic carbocycles. The van der Waals surface area contributed by atoms with Crippen molar-refractivity contribution in [3.05, 3.63) is 24.3 Å². The predicted molar refractivity (Wildman–Crippen MR) is 47.2 cm³/mol. The van der Waals surface area contributed by atoms with Gasteiger partial charge in [-0.2, -0.15) is 0 Å². The van der Waals surface area contributed by atoms with E-state index in [2.05, 4.69) is 0 Å². The Morgan fingerprint density at radius 2 is 2.00 bits per heavy atom. The number of nitrogens with zero attached hydrogens (tertiary/aromatic N) is 1. The van der Waals surface area contributed by atoms with Gasteiger partial charge < -0.3 is 10.0 Å². The maximum Gasteiger partial charge on any atom is 0.223 e. The van der Waals surface area contributed by atoms with Gasteiger partial charge in [-0.05, 0) is 12.1 Å². The van der Waals surface area contributed by atoms with E-state index in [9.17, 15) is 9.90 Å². The predicted octanol–water partition coefficient (Wildman–Crippen LogP) is 1.37. The van der Waals surface area contributed by atoms with Crippen LogP contribution in [0.1, 0.15) is 6.92 Å². The molecule has 0 spiro atoms. The normalized spacial score (nSPS) is 9.50. The van der Waals surface area contributed by atoms with Crippen molar-refractivity contribution in [2.75, 3.05) is 11.9 Å². The standard InChI is InChI=1S/C9H11NO2/c1-7(11)10(2)8-5-3-4-6-9(8)12/h3-6,12H,1-2H3. The van der Waals surface area contributed by atoms with Crippen LogP contribution in [0.2, 0.25) is 0 Å². The van der Waals surface area contributed by atoms with Gasteiger partial charge in [-0.15, -0.1) is 0 Å². The van der Waals surface area contributed by atoms with Gasteiger partial charge in [0.1, 0.15) is 5.75 Å². The number of aromatic hydroxyl groups is 1. The lowest BCUT2D eigenvalue weighted by Gasteiger charge is -2.15. The molecule has 12 heavy (non-hydrogen) atoms. The minimum absolute atomic E-state index is 0.100. The van der Waals surface area contributed by atoms with Crippen molar-refractivity contribution in [2.24, 2.45) is 0 Å². The fourth-order valence-corrected chi connectivity index (χ4v) is 0.917. The summed E-state index contributed by atoms with van der Waals surface area (Å²) in [5.41, 5.74) is 0.532. The van der Waals surface area contributed by atoms with Gasteiger partial charge in [-0.1, -0.05) is 12.1 Å². The number of amides is 1. The molecule has 1 rings (SSSR count). The van der Waals surface area contributed by atoms with Gasteiger partial charge in [0.25, 0.3) is 0 Å². The van der Waals surface area contributed by atoms with Crippen LogP contribution in [0.3, 0.4) is 0 Å². The number of phenols is 1. The monoisotopic (exact) mass is 165 g/mol. The Balaban J connectivity index is 3.02.